The number of hydrogen-bond donors (Lipinski definition) is 1. The van der Waals surface area contributed by atoms with Crippen LogP contribution in [0.2, 0.25) is 0 Å². The standard InChI is InChI=1S/C16H18N2O3/c1-11(19)18-10-14(13-4-2-3-5-15(13)18)12-6-8-17(9-7-12)16(20)21/h2-5,10,12H,6-9H2,1H3,(H,20,21). The molecule has 5 heteroatoms. The third-order valence-corrected chi connectivity index (χ3v) is 4.29. The molecule has 1 amide bonds. The van der Waals surface area contributed by atoms with Crippen molar-refractivity contribution in [2.45, 2.75) is 25.7 Å². The first-order chi connectivity index (χ1) is 10.1. The number of carboxylic acid groups (broad SMARTS) is 1. The zero-order valence-electron chi connectivity index (χ0n) is 12.0. The highest BCUT2D eigenvalue weighted by Crippen LogP contribution is 2.34. The summed E-state index contributed by atoms with van der Waals surface area (Å²) in [5.74, 6) is 0.312. The predicted octanol–water partition coefficient (Wildman–Crippen LogP) is 3.16. The Kier molecular flexibility index (Phi) is 3.41. The van der Waals surface area contributed by atoms with Crippen molar-refractivity contribution in [1.82, 2.24) is 9.47 Å². The van der Waals surface area contributed by atoms with Gasteiger partial charge in [-0.05, 0) is 30.4 Å². The van der Waals surface area contributed by atoms with Crippen LogP contribution in [0.15, 0.2) is 30.5 Å². The van der Waals surface area contributed by atoms with Crippen molar-refractivity contribution in [3.63, 3.8) is 0 Å². The first-order valence-corrected chi connectivity index (χ1v) is 7.16. The third kappa shape index (κ3) is 2.39. The molecule has 5 nitrogen and oxygen atoms in total. The highest BCUT2D eigenvalue weighted by atomic mass is 16.4. The first-order valence-electron chi connectivity index (χ1n) is 7.16. The highest BCUT2D eigenvalue weighted by molar-refractivity contribution is 5.93. The summed E-state index contributed by atoms with van der Waals surface area (Å²) in [6.07, 6.45) is 2.68. The van der Waals surface area contributed by atoms with Crippen molar-refractivity contribution in [3.05, 3.63) is 36.0 Å². The fraction of sp³-hybridized carbons (Fsp3) is 0.375. The van der Waals surface area contributed by atoms with Crippen molar-refractivity contribution < 1.29 is 14.7 Å². The van der Waals surface area contributed by atoms with E-state index in [-0.39, 0.29) is 5.91 Å². The lowest BCUT2D eigenvalue weighted by atomic mass is 9.89. The quantitative estimate of drug-likeness (QED) is 0.876. The van der Waals surface area contributed by atoms with Gasteiger partial charge in [0.2, 0.25) is 5.91 Å². The molecule has 1 aromatic heterocycles. The van der Waals surface area contributed by atoms with Crippen LogP contribution >= 0.6 is 0 Å². The van der Waals surface area contributed by atoms with Crippen molar-refractivity contribution in [3.8, 4) is 0 Å². The summed E-state index contributed by atoms with van der Waals surface area (Å²) in [5, 5.41) is 10.1. The Labute approximate surface area is 122 Å². The second-order valence-electron chi connectivity index (χ2n) is 5.53. The molecule has 1 aliphatic heterocycles. The fourth-order valence-corrected chi connectivity index (χ4v) is 3.17. The summed E-state index contributed by atoms with van der Waals surface area (Å²) in [5.41, 5.74) is 2.09. The van der Waals surface area contributed by atoms with Crippen LogP contribution in [-0.4, -0.2) is 39.7 Å². The van der Waals surface area contributed by atoms with Gasteiger partial charge in [0.1, 0.15) is 0 Å². The van der Waals surface area contributed by atoms with Crippen molar-refractivity contribution in [2.75, 3.05) is 13.1 Å². The zero-order valence-corrected chi connectivity index (χ0v) is 12.0. The molecule has 0 unspecified atom stereocenters. The zero-order chi connectivity index (χ0) is 15.0. The van der Waals surface area contributed by atoms with Gasteiger partial charge in [-0.3, -0.25) is 9.36 Å². The van der Waals surface area contributed by atoms with Gasteiger partial charge in [-0.25, -0.2) is 4.79 Å². The van der Waals surface area contributed by atoms with Crippen LogP contribution < -0.4 is 0 Å². The Morgan fingerprint density at radius 2 is 1.86 bits per heavy atom. The molecule has 1 saturated heterocycles. The fourth-order valence-electron chi connectivity index (χ4n) is 3.17. The molecule has 1 N–H and O–H groups in total. The number of para-hydroxylation sites is 1. The Hall–Kier alpha value is -2.30. The summed E-state index contributed by atoms with van der Waals surface area (Å²) < 4.78 is 1.69. The molecule has 0 aliphatic carbocycles. The molecule has 0 spiro atoms. The monoisotopic (exact) mass is 286 g/mol. The van der Waals surface area contributed by atoms with Gasteiger partial charge < -0.3 is 10.0 Å². The second-order valence-corrected chi connectivity index (χ2v) is 5.53. The molecule has 21 heavy (non-hydrogen) atoms. The number of rotatable bonds is 1. The summed E-state index contributed by atoms with van der Waals surface area (Å²) in [4.78, 5) is 24.2. The number of hydrogen-bond acceptors (Lipinski definition) is 2. The number of amides is 1. The van der Waals surface area contributed by atoms with Gasteiger partial charge in [0.05, 0.1) is 5.52 Å². The van der Waals surface area contributed by atoms with E-state index in [1.165, 1.54) is 4.90 Å². The topological polar surface area (TPSA) is 62.5 Å². The molecule has 110 valence electrons. The number of nitrogens with zero attached hydrogens (tertiary/aromatic N) is 2. The van der Waals surface area contributed by atoms with E-state index >= 15 is 0 Å². The van der Waals surface area contributed by atoms with E-state index in [0.717, 1.165) is 29.3 Å². The average molecular weight is 286 g/mol. The van der Waals surface area contributed by atoms with Crippen molar-refractivity contribution >= 4 is 22.9 Å². The van der Waals surface area contributed by atoms with Gasteiger partial charge in [-0.2, -0.15) is 0 Å². The Morgan fingerprint density at radius 3 is 2.48 bits per heavy atom. The van der Waals surface area contributed by atoms with E-state index in [0.29, 0.717) is 19.0 Å². The van der Waals surface area contributed by atoms with E-state index in [4.69, 9.17) is 5.11 Å². The highest BCUT2D eigenvalue weighted by Gasteiger charge is 2.26. The molecule has 0 atom stereocenters. The maximum Gasteiger partial charge on any atom is 0.407 e. The minimum Gasteiger partial charge on any atom is -0.465 e. The summed E-state index contributed by atoms with van der Waals surface area (Å²) in [7, 11) is 0. The summed E-state index contributed by atoms with van der Waals surface area (Å²) >= 11 is 0. The van der Waals surface area contributed by atoms with Gasteiger partial charge in [-0.15, -0.1) is 0 Å². The summed E-state index contributed by atoms with van der Waals surface area (Å²) in [6, 6.07) is 7.89. The normalized spacial score (nSPS) is 16.3. The molecule has 0 radical (unpaired) electrons. The van der Waals surface area contributed by atoms with Crippen molar-refractivity contribution in [2.24, 2.45) is 0 Å². The lowest BCUT2D eigenvalue weighted by Gasteiger charge is -2.29. The molecule has 2 aromatic rings. The number of carbonyl (C=O) groups excluding carboxylic acids is 1. The smallest absolute Gasteiger partial charge is 0.407 e. The van der Waals surface area contributed by atoms with Crippen LogP contribution in [0.3, 0.4) is 0 Å². The van der Waals surface area contributed by atoms with E-state index in [1.807, 2.05) is 30.5 Å². The first kappa shape index (κ1) is 13.7. The minimum atomic E-state index is -0.848. The number of carbonyl (C=O) groups is 2. The van der Waals surface area contributed by atoms with E-state index < -0.39 is 6.09 Å². The molecule has 1 aliphatic rings. The molecular weight excluding hydrogens is 268 g/mol. The molecule has 2 heterocycles. The van der Waals surface area contributed by atoms with E-state index in [2.05, 4.69) is 0 Å². The predicted molar refractivity (Wildman–Crippen MR) is 79.8 cm³/mol. The Morgan fingerprint density at radius 1 is 1.19 bits per heavy atom. The third-order valence-electron chi connectivity index (χ3n) is 4.29. The Bertz CT molecular complexity index is 697. The molecule has 0 saturated carbocycles. The van der Waals surface area contributed by atoms with Gasteiger partial charge in [-0.1, -0.05) is 18.2 Å². The second kappa shape index (κ2) is 5.24. The molecule has 1 fully saturated rings. The van der Waals surface area contributed by atoms with Crippen molar-refractivity contribution in [1.29, 1.82) is 0 Å². The minimum absolute atomic E-state index is 0.000391. The average Bonchev–Trinajstić information content (AvgIpc) is 2.87. The number of fused-ring (bicyclic) bond motifs is 1. The van der Waals surface area contributed by atoms with Crippen LogP contribution in [0.25, 0.3) is 10.9 Å². The van der Waals surface area contributed by atoms with Gasteiger partial charge in [0.15, 0.2) is 0 Å². The van der Waals surface area contributed by atoms with Crippen LogP contribution in [-0.2, 0) is 0 Å². The molecular formula is C16H18N2O3. The molecule has 0 bridgehead atoms. The SMILES string of the molecule is CC(=O)n1cc(C2CCN(C(=O)O)CC2)c2ccccc21. The molecule has 1 aromatic carbocycles. The van der Waals surface area contributed by atoms with Gasteiger partial charge in [0.25, 0.3) is 0 Å². The number of piperidine rings is 1. The van der Waals surface area contributed by atoms with Crippen LogP contribution in [0.4, 0.5) is 4.79 Å². The maximum absolute atomic E-state index is 11.8. The summed E-state index contributed by atoms with van der Waals surface area (Å²) in [6.45, 7) is 2.67. The molecule has 3 rings (SSSR count). The van der Waals surface area contributed by atoms with Crippen LogP contribution in [0, 0.1) is 0 Å². The lowest BCUT2D eigenvalue weighted by Crippen LogP contribution is -2.36. The largest absolute Gasteiger partial charge is 0.465 e. The Balaban J connectivity index is 1.95. The van der Waals surface area contributed by atoms with E-state index in [9.17, 15) is 9.59 Å². The number of benzene rings is 1. The van der Waals surface area contributed by atoms with Gasteiger partial charge in [0, 0.05) is 31.6 Å². The van der Waals surface area contributed by atoms with Crippen LogP contribution in [0.5, 0.6) is 0 Å². The number of aromatic nitrogens is 1. The maximum atomic E-state index is 11.8. The number of likely N-dealkylation sites (tertiary alicyclic amines) is 1. The van der Waals surface area contributed by atoms with Gasteiger partial charge >= 0.3 is 6.09 Å². The van der Waals surface area contributed by atoms with E-state index in [1.54, 1.807) is 11.5 Å². The van der Waals surface area contributed by atoms with Crippen LogP contribution in [0.1, 0.15) is 36.0 Å². The lowest BCUT2D eigenvalue weighted by molar-refractivity contribution is 0.0941.